The summed E-state index contributed by atoms with van der Waals surface area (Å²) >= 11 is 1.37. The number of rotatable bonds is 7. The predicted molar refractivity (Wildman–Crippen MR) is 75.8 cm³/mol. The molecule has 1 rings (SSSR count). The second-order valence-corrected chi connectivity index (χ2v) is 6.59. The van der Waals surface area contributed by atoms with Crippen LogP contribution in [0.25, 0.3) is 0 Å². The minimum Gasteiger partial charge on any atom is -0.480 e. The van der Waals surface area contributed by atoms with Crippen LogP contribution in [-0.4, -0.2) is 42.1 Å². The van der Waals surface area contributed by atoms with Crippen molar-refractivity contribution in [1.82, 2.24) is 9.55 Å². The molecule has 112 valence electrons. The van der Waals surface area contributed by atoms with Crippen molar-refractivity contribution < 1.29 is 14.8 Å². The van der Waals surface area contributed by atoms with Crippen LogP contribution >= 0.6 is 11.8 Å². The zero-order valence-electron chi connectivity index (χ0n) is 11.6. The van der Waals surface area contributed by atoms with Crippen molar-refractivity contribution in [3.63, 3.8) is 0 Å². The van der Waals surface area contributed by atoms with Crippen LogP contribution in [0, 0.1) is 17.0 Å². The molecule has 3 N–H and O–H groups in total. The van der Waals surface area contributed by atoms with Gasteiger partial charge in [-0.15, -0.1) is 11.8 Å². The monoisotopic (exact) mass is 302 g/mol. The number of nitrogens with zero attached hydrogens (tertiary/aromatic N) is 3. The maximum atomic E-state index is 10.9. The quantitative estimate of drug-likeness (QED) is 0.569. The first-order chi connectivity index (χ1) is 9.16. The highest BCUT2D eigenvalue weighted by atomic mass is 32.2. The molecule has 8 nitrogen and oxygen atoms in total. The number of hydrogen-bond acceptors (Lipinski definition) is 6. The van der Waals surface area contributed by atoms with Gasteiger partial charge in [-0.05, 0) is 18.8 Å². The van der Waals surface area contributed by atoms with Crippen molar-refractivity contribution in [3.8, 4) is 0 Å². The molecule has 0 fully saturated rings. The molecule has 0 aliphatic rings. The third-order valence-corrected chi connectivity index (χ3v) is 4.41. The minimum absolute atomic E-state index is 0.0663. The Kier molecular flexibility index (Phi) is 5.12. The van der Waals surface area contributed by atoms with Gasteiger partial charge in [0.1, 0.15) is 18.8 Å². The summed E-state index contributed by atoms with van der Waals surface area (Å²) in [6.45, 7) is 5.55. The van der Waals surface area contributed by atoms with Gasteiger partial charge in [0.05, 0.1) is 0 Å². The Morgan fingerprint density at radius 1 is 1.70 bits per heavy atom. The molecular weight excluding hydrogens is 284 g/mol. The van der Waals surface area contributed by atoms with Crippen molar-refractivity contribution in [2.75, 3.05) is 5.75 Å². The first-order valence-electron chi connectivity index (χ1n) is 5.95. The average Bonchev–Trinajstić information content (AvgIpc) is 2.70. The third-order valence-electron chi connectivity index (χ3n) is 3.03. The summed E-state index contributed by atoms with van der Waals surface area (Å²) in [5.74, 6) is -0.0696. The van der Waals surface area contributed by atoms with E-state index in [1.807, 2.05) is 0 Å². The summed E-state index contributed by atoms with van der Waals surface area (Å²) in [5, 5.41) is 19.8. The highest BCUT2D eigenvalue weighted by molar-refractivity contribution is 8.00. The van der Waals surface area contributed by atoms with E-state index < -0.39 is 21.7 Å². The van der Waals surface area contributed by atoms with E-state index >= 15 is 0 Å². The van der Waals surface area contributed by atoms with E-state index in [0.29, 0.717) is 18.1 Å². The smallest absolute Gasteiger partial charge is 0.342 e. The number of carboxylic acids is 1. The zero-order chi connectivity index (χ0) is 15.5. The Labute approximate surface area is 120 Å². The van der Waals surface area contributed by atoms with Crippen molar-refractivity contribution in [2.45, 2.75) is 38.1 Å². The predicted octanol–water partition coefficient (Wildman–Crippen LogP) is 1.02. The van der Waals surface area contributed by atoms with Crippen molar-refractivity contribution >= 4 is 23.5 Å². The lowest BCUT2D eigenvalue weighted by Crippen LogP contribution is -2.47. The van der Waals surface area contributed by atoms with E-state index in [1.165, 1.54) is 22.5 Å². The second-order valence-electron chi connectivity index (χ2n) is 4.84. The summed E-state index contributed by atoms with van der Waals surface area (Å²) in [6, 6.07) is -0.994. The van der Waals surface area contributed by atoms with Crippen LogP contribution < -0.4 is 5.73 Å². The molecule has 0 unspecified atom stereocenters. The summed E-state index contributed by atoms with van der Waals surface area (Å²) in [7, 11) is 0. The number of aryl methyl sites for hydroxylation is 1. The van der Waals surface area contributed by atoms with Crippen LogP contribution in [0.15, 0.2) is 6.20 Å². The molecule has 1 aromatic rings. The fourth-order valence-electron chi connectivity index (χ4n) is 1.67. The minimum atomic E-state index is -1.06. The van der Waals surface area contributed by atoms with Gasteiger partial charge in [0.2, 0.25) is 0 Å². The molecule has 1 heterocycles. The van der Waals surface area contributed by atoms with Crippen LogP contribution in [0.5, 0.6) is 0 Å². The van der Waals surface area contributed by atoms with Gasteiger partial charge in [0, 0.05) is 17.4 Å². The molecule has 0 aliphatic heterocycles. The Morgan fingerprint density at radius 2 is 2.30 bits per heavy atom. The van der Waals surface area contributed by atoms with Gasteiger partial charge in [-0.1, -0.05) is 0 Å². The normalized spacial score (nSPS) is 13.2. The van der Waals surface area contributed by atoms with Gasteiger partial charge >= 0.3 is 11.8 Å². The number of thioether (sulfide) groups is 1. The van der Waals surface area contributed by atoms with Crippen LogP contribution in [0.1, 0.15) is 19.7 Å². The first-order valence-corrected chi connectivity index (χ1v) is 6.94. The molecule has 1 atom stereocenters. The Hall–Kier alpha value is -1.61. The van der Waals surface area contributed by atoms with Crippen molar-refractivity contribution in [1.29, 1.82) is 0 Å². The molecule has 20 heavy (non-hydrogen) atoms. The molecular formula is C11H18N4O4S. The Balaban J connectivity index is 2.67. The Morgan fingerprint density at radius 3 is 2.80 bits per heavy atom. The van der Waals surface area contributed by atoms with E-state index in [-0.39, 0.29) is 5.82 Å². The van der Waals surface area contributed by atoms with Crippen LogP contribution in [0.4, 0.5) is 5.82 Å². The second kappa shape index (κ2) is 6.23. The third kappa shape index (κ3) is 3.70. The van der Waals surface area contributed by atoms with Gasteiger partial charge in [-0.2, -0.15) is 0 Å². The number of nitro groups is 1. The fraction of sp³-hybridized carbons (Fsp3) is 0.636. The maximum absolute atomic E-state index is 10.9. The molecule has 0 aliphatic carbocycles. The number of nitrogens with two attached hydrogens (primary N) is 1. The van der Waals surface area contributed by atoms with E-state index in [9.17, 15) is 14.9 Å². The molecule has 1 aromatic heterocycles. The lowest BCUT2D eigenvalue weighted by molar-refractivity contribution is -0.392. The lowest BCUT2D eigenvalue weighted by Gasteiger charge is -2.27. The van der Waals surface area contributed by atoms with E-state index in [4.69, 9.17) is 10.8 Å². The van der Waals surface area contributed by atoms with E-state index in [1.54, 1.807) is 20.8 Å². The number of carbonyl (C=O) groups is 1. The summed E-state index contributed by atoms with van der Waals surface area (Å²) in [4.78, 5) is 25.1. The molecule has 0 saturated heterocycles. The van der Waals surface area contributed by atoms with Crippen molar-refractivity contribution in [3.05, 3.63) is 22.1 Å². The Bertz CT molecular complexity index is 515. The SMILES string of the molecule is Cc1ncc([N+](=O)[O-])n1CCSC(C)(C)[C@@H](N)C(=O)O. The highest BCUT2D eigenvalue weighted by Gasteiger charge is 2.32. The fourth-order valence-corrected chi connectivity index (χ4v) is 2.75. The highest BCUT2D eigenvalue weighted by Crippen LogP contribution is 2.28. The largest absolute Gasteiger partial charge is 0.480 e. The number of aromatic nitrogens is 2. The molecule has 0 amide bonds. The molecule has 0 saturated carbocycles. The number of aliphatic carboxylic acids is 1. The van der Waals surface area contributed by atoms with Gasteiger partial charge in [-0.25, -0.2) is 9.55 Å². The lowest BCUT2D eigenvalue weighted by atomic mass is 10.1. The molecule has 9 heteroatoms. The molecule has 0 radical (unpaired) electrons. The number of hydrogen-bond donors (Lipinski definition) is 2. The van der Waals surface area contributed by atoms with E-state index in [2.05, 4.69) is 4.98 Å². The number of carboxylic acid groups (broad SMARTS) is 1. The van der Waals surface area contributed by atoms with Crippen LogP contribution in [0.3, 0.4) is 0 Å². The van der Waals surface area contributed by atoms with Crippen molar-refractivity contribution in [2.24, 2.45) is 5.73 Å². The van der Waals surface area contributed by atoms with E-state index in [0.717, 1.165) is 0 Å². The summed E-state index contributed by atoms with van der Waals surface area (Å²) in [6.07, 6.45) is 1.22. The molecule has 0 bridgehead atoms. The van der Waals surface area contributed by atoms with Gasteiger partial charge in [0.15, 0.2) is 5.82 Å². The summed E-state index contributed by atoms with van der Waals surface area (Å²) in [5.41, 5.74) is 5.61. The first kappa shape index (κ1) is 16.4. The van der Waals surface area contributed by atoms with Gasteiger partial charge in [-0.3, -0.25) is 4.79 Å². The standard InChI is InChI=1S/C11H18N4O4S/c1-7-13-6-8(15(18)19)14(7)4-5-20-11(2,3)9(12)10(16)17/h6,9H,4-5,12H2,1-3H3,(H,16,17)/t9-/m0/s1. The molecule has 0 spiro atoms. The molecule has 0 aromatic carbocycles. The van der Waals surface area contributed by atoms with Crippen LogP contribution in [-0.2, 0) is 11.3 Å². The van der Waals surface area contributed by atoms with Crippen LogP contribution in [0.2, 0.25) is 0 Å². The zero-order valence-corrected chi connectivity index (χ0v) is 12.4. The summed E-state index contributed by atoms with van der Waals surface area (Å²) < 4.78 is 0.838. The topological polar surface area (TPSA) is 124 Å². The maximum Gasteiger partial charge on any atom is 0.342 e. The number of imidazole rings is 1. The average molecular weight is 302 g/mol. The van der Waals surface area contributed by atoms with Gasteiger partial charge in [0.25, 0.3) is 0 Å². The van der Waals surface area contributed by atoms with Gasteiger partial charge < -0.3 is 21.0 Å².